The van der Waals surface area contributed by atoms with Crippen LogP contribution in [0.25, 0.3) is 11.0 Å². The van der Waals surface area contributed by atoms with Gasteiger partial charge in [0.2, 0.25) is 0 Å². The Kier molecular flexibility index (Phi) is 4.34. The summed E-state index contributed by atoms with van der Waals surface area (Å²) in [6, 6.07) is 7.86. The molecule has 4 aliphatic rings. The molecule has 0 spiro atoms. The molecule has 1 saturated heterocycles. The molecule has 0 amide bonds. The van der Waals surface area contributed by atoms with Crippen LogP contribution in [0.1, 0.15) is 37.9 Å². The molecule has 6 rings (SSSR count). The zero-order valence-electron chi connectivity index (χ0n) is 17.0. The van der Waals surface area contributed by atoms with E-state index in [0.717, 1.165) is 38.0 Å². The summed E-state index contributed by atoms with van der Waals surface area (Å²) in [7, 11) is 0. The Morgan fingerprint density at radius 3 is 2.50 bits per heavy atom. The van der Waals surface area contributed by atoms with Gasteiger partial charge < -0.3 is 9.47 Å². The van der Waals surface area contributed by atoms with E-state index in [9.17, 15) is 0 Å². The van der Waals surface area contributed by atoms with Crippen molar-refractivity contribution in [2.24, 2.45) is 5.92 Å². The summed E-state index contributed by atoms with van der Waals surface area (Å²) in [5.41, 5.74) is 3.90. The van der Waals surface area contributed by atoms with Crippen LogP contribution in [0.5, 0.6) is 0 Å². The summed E-state index contributed by atoms with van der Waals surface area (Å²) in [5, 5.41) is 0. The molecule has 0 radical (unpaired) electrons. The van der Waals surface area contributed by atoms with Crippen LogP contribution in [0.2, 0.25) is 0 Å². The topological polar surface area (TPSA) is 27.5 Å². The van der Waals surface area contributed by atoms with Crippen molar-refractivity contribution in [2.75, 3.05) is 50.7 Å². The molecule has 5 nitrogen and oxygen atoms in total. The molecule has 1 aromatic carbocycles. The maximum Gasteiger partial charge on any atom is 0.111 e. The molecule has 1 aromatic heterocycles. The Morgan fingerprint density at radius 1 is 0.893 bits per heavy atom. The number of anilines is 1. The Bertz CT molecular complexity index is 842. The van der Waals surface area contributed by atoms with Gasteiger partial charge in [0.05, 0.1) is 11.0 Å². The van der Waals surface area contributed by atoms with Gasteiger partial charge in [-0.25, -0.2) is 4.98 Å². The van der Waals surface area contributed by atoms with E-state index in [1.54, 1.807) is 0 Å². The van der Waals surface area contributed by atoms with Crippen LogP contribution in [-0.4, -0.2) is 71.2 Å². The largest absolute Gasteiger partial charge is 0.369 e. The van der Waals surface area contributed by atoms with E-state index >= 15 is 0 Å². The third-order valence-electron chi connectivity index (χ3n) is 7.59. The van der Waals surface area contributed by atoms with Gasteiger partial charge in [0.15, 0.2) is 0 Å². The molecule has 0 bridgehead atoms. The molecule has 0 atom stereocenters. The fourth-order valence-corrected chi connectivity index (χ4v) is 5.36. The highest BCUT2D eigenvalue weighted by Crippen LogP contribution is 2.31. The summed E-state index contributed by atoms with van der Waals surface area (Å²) < 4.78 is 2.49. The maximum absolute atomic E-state index is 5.07. The second-order valence-corrected chi connectivity index (χ2v) is 9.45. The minimum absolute atomic E-state index is 0.848. The first kappa shape index (κ1) is 17.3. The van der Waals surface area contributed by atoms with Crippen molar-refractivity contribution < 1.29 is 0 Å². The number of hydrogen-bond acceptors (Lipinski definition) is 4. The van der Waals surface area contributed by atoms with Gasteiger partial charge in [-0.1, -0.05) is 6.42 Å². The zero-order chi connectivity index (χ0) is 18.5. The van der Waals surface area contributed by atoms with Crippen LogP contribution in [0.3, 0.4) is 0 Å². The predicted octanol–water partition coefficient (Wildman–Crippen LogP) is 2.98. The lowest BCUT2D eigenvalue weighted by Gasteiger charge is -2.36. The average Bonchev–Trinajstić information content (AvgIpc) is 3.45. The monoisotopic (exact) mass is 379 g/mol. The minimum Gasteiger partial charge on any atom is -0.369 e. The minimum atomic E-state index is 0.848. The van der Waals surface area contributed by atoms with Crippen LogP contribution < -0.4 is 4.90 Å². The molecule has 28 heavy (non-hydrogen) atoms. The normalized spacial score (nSPS) is 24.9. The molecule has 2 aromatic rings. The molecule has 2 aliphatic carbocycles. The van der Waals surface area contributed by atoms with E-state index < -0.39 is 0 Å². The van der Waals surface area contributed by atoms with Crippen LogP contribution >= 0.6 is 0 Å². The Balaban J connectivity index is 1.16. The number of nitrogens with zero attached hydrogens (tertiary/aromatic N) is 5. The molecule has 150 valence electrons. The van der Waals surface area contributed by atoms with E-state index in [1.807, 2.05) is 0 Å². The molecule has 3 heterocycles. The third-order valence-corrected chi connectivity index (χ3v) is 7.59. The second-order valence-electron chi connectivity index (χ2n) is 9.45. The lowest BCUT2D eigenvalue weighted by molar-refractivity contribution is 0.130. The lowest BCUT2D eigenvalue weighted by atomic mass is 9.91. The number of hydrogen-bond donors (Lipinski definition) is 0. The Labute approximate surface area is 168 Å². The van der Waals surface area contributed by atoms with E-state index in [2.05, 4.69) is 37.5 Å². The Morgan fingerprint density at radius 2 is 1.75 bits per heavy atom. The van der Waals surface area contributed by atoms with Gasteiger partial charge in [-0.05, 0) is 49.8 Å². The fourth-order valence-electron chi connectivity index (χ4n) is 5.36. The highest BCUT2D eigenvalue weighted by Gasteiger charge is 2.28. The second kappa shape index (κ2) is 7.03. The lowest BCUT2D eigenvalue weighted by Crippen LogP contribution is -2.47. The van der Waals surface area contributed by atoms with Crippen molar-refractivity contribution in [1.29, 1.82) is 0 Å². The van der Waals surface area contributed by atoms with Gasteiger partial charge in [-0.2, -0.15) is 0 Å². The molecule has 0 N–H and O–H groups in total. The van der Waals surface area contributed by atoms with Crippen LogP contribution in [0.15, 0.2) is 18.2 Å². The first-order valence-electron chi connectivity index (χ1n) is 11.5. The summed E-state index contributed by atoms with van der Waals surface area (Å²) >= 11 is 0. The van der Waals surface area contributed by atoms with E-state index in [4.69, 9.17) is 4.98 Å². The van der Waals surface area contributed by atoms with Crippen molar-refractivity contribution in [3.05, 3.63) is 24.0 Å². The quantitative estimate of drug-likeness (QED) is 0.816. The van der Waals surface area contributed by atoms with E-state index in [1.165, 1.54) is 87.4 Å². The molecule has 3 fully saturated rings. The summed E-state index contributed by atoms with van der Waals surface area (Å²) in [6.45, 7) is 9.54. The molecule has 2 saturated carbocycles. The number of fused-ring (bicyclic) bond motifs is 3. The Hall–Kier alpha value is -1.59. The van der Waals surface area contributed by atoms with Gasteiger partial charge in [0.1, 0.15) is 5.82 Å². The first-order valence-corrected chi connectivity index (χ1v) is 11.5. The molecular weight excluding hydrogens is 346 g/mol. The fraction of sp³-hybridized carbons (Fsp3) is 0.696. The van der Waals surface area contributed by atoms with Gasteiger partial charge in [0, 0.05) is 70.5 Å². The molecule has 5 heteroatoms. The van der Waals surface area contributed by atoms with Crippen molar-refractivity contribution in [3.63, 3.8) is 0 Å². The first-order chi connectivity index (χ1) is 13.8. The van der Waals surface area contributed by atoms with Crippen LogP contribution in [-0.2, 0) is 13.0 Å². The standard InChI is InChI=1S/C23H33N5/c1-2-19(3-1)26-9-8-23-24-21-16-20(6-7-22(21)28(23)15-14-26)27-12-10-25(11-13-27)17-18-4-5-18/h6-7,16,18-19H,1-5,8-15,17H2. The van der Waals surface area contributed by atoms with Crippen molar-refractivity contribution >= 4 is 16.7 Å². The van der Waals surface area contributed by atoms with E-state index in [0.29, 0.717) is 0 Å². The number of imidazole rings is 1. The smallest absolute Gasteiger partial charge is 0.111 e. The van der Waals surface area contributed by atoms with Crippen molar-refractivity contribution in [2.45, 2.75) is 51.1 Å². The van der Waals surface area contributed by atoms with Gasteiger partial charge in [-0.15, -0.1) is 0 Å². The molecule has 0 unspecified atom stereocenters. The highest BCUT2D eigenvalue weighted by atomic mass is 15.3. The number of aromatic nitrogens is 2. The van der Waals surface area contributed by atoms with Gasteiger partial charge >= 0.3 is 0 Å². The SMILES string of the molecule is c1cc2c(cc1N1CCN(CC3CC3)CC1)nc1n2CCN(C2CCC2)CC1. The van der Waals surface area contributed by atoms with Gasteiger partial charge in [-0.3, -0.25) is 9.80 Å². The van der Waals surface area contributed by atoms with Crippen LogP contribution in [0, 0.1) is 5.92 Å². The summed E-state index contributed by atoms with van der Waals surface area (Å²) in [4.78, 5) is 13.0. The average molecular weight is 380 g/mol. The zero-order valence-corrected chi connectivity index (χ0v) is 17.0. The predicted molar refractivity (Wildman–Crippen MR) is 114 cm³/mol. The number of rotatable bonds is 4. The van der Waals surface area contributed by atoms with Gasteiger partial charge in [0.25, 0.3) is 0 Å². The maximum atomic E-state index is 5.07. The number of benzene rings is 1. The highest BCUT2D eigenvalue weighted by molar-refractivity contribution is 5.80. The molecule has 2 aliphatic heterocycles. The van der Waals surface area contributed by atoms with E-state index in [-0.39, 0.29) is 0 Å². The van der Waals surface area contributed by atoms with Crippen molar-refractivity contribution in [1.82, 2.24) is 19.4 Å². The number of piperazine rings is 1. The molecular formula is C23H33N5. The summed E-state index contributed by atoms with van der Waals surface area (Å²) in [6.07, 6.45) is 8.24. The van der Waals surface area contributed by atoms with Crippen LogP contribution in [0.4, 0.5) is 5.69 Å². The summed E-state index contributed by atoms with van der Waals surface area (Å²) in [5.74, 6) is 2.30. The van der Waals surface area contributed by atoms with Crippen molar-refractivity contribution in [3.8, 4) is 0 Å². The third kappa shape index (κ3) is 3.22.